The van der Waals surface area contributed by atoms with E-state index in [0.717, 1.165) is 5.56 Å². The van der Waals surface area contributed by atoms with Crippen molar-refractivity contribution in [3.8, 4) is 11.5 Å². The van der Waals surface area contributed by atoms with Gasteiger partial charge in [0, 0.05) is 11.6 Å². The summed E-state index contributed by atoms with van der Waals surface area (Å²) in [4.78, 5) is 2.25. The monoisotopic (exact) mass is 395 g/mol. The maximum absolute atomic E-state index is 11.7. The van der Waals surface area contributed by atoms with Crippen LogP contribution in [0.5, 0.6) is 0 Å². The largest absolute Gasteiger partial charge is 0.409 e. The molecule has 1 saturated heterocycles. The third-order valence-corrected chi connectivity index (χ3v) is 6.84. The Kier molecular flexibility index (Phi) is 5.11. The van der Waals surface area contributed by atoms with Gasteiger partial charge >= 0.3 is 0 Å². The molecule has 0 spiro atoms. The zero-order valence-corrected chi connectivity index (χ0v) is 17.2. The highest BCUT2D eigenvalue weighted by atomic mass is 32.2. The van der Waals surface area contributed by atoms with Gasteiger partial charge in [-0.25, -0.2) is 13.1 Å². The highest BCUT2D eigenvalue weighted by molar-refractivity contribution is 7.91. The van der Waals surface area contributed by atoms with E-state index in [4.69, 9.17) is 16.6 Å². The second kappa shape index (κ2) is 6.90. The standard InChI is InChI=1S/C18H25N3O3S2/c1-18(2,3)14-7-5-13(6-8-14)16-19-21(17(25)24-16)12-20(4)15-9-10-26(22,23)11-15/h5-8,15H,9-12H2,1-4H3/t15-/m0/s1. The molecule has 0 bridgehead atoms. The molecule has 1 aromatic carbocycles. The Morgan fingerprint density at radius 2 is 1.96 bits per heavy atom. The summed E-state index contributed by atoms with van der Waals surface area (Å²) in [6.07, 6.45) is 0.644. The van der Waals surface area contributed by atoms with Crippen molar-refractivity contribution in [2.45, 2.75) is 45.3 Å². The van der Waals surface area contributed by atoms with Crippen LogP contribution in [0.1, 0.15) is 32.8 Å². The van der Waals surface area contributed by atoms with E-state index >= 15 is 0 Å². The smallest absolute Gasteiger partial charge is 0.288 e. The summed E-state index contributed by atoms with van der Waals surface area (Å²) >= 11 is 5.28. The second-order valence-electron chi connectivity index (χ2n) is 7.96. The van der Waals surface area contributed by atoms with Crippen LogP contribution in [0.3, 0.4) is 0 Å². The zero-order valence-electron chi connectivity index (χ0n) is 15.6. The Balaban J connectivity index is 1.76. The van der Waals surface area contributed by atoms with Crippen LogP contribution >= 0.6 is 12.2 Å². The molecule has 1 aliphatic rings. The fraction of sp³-hybridized carbons (Fsp3) is 0.556. The van der Waals surface area contributed by atoms with Crippen molar-refractivity contribution < 1.29 is 12.8 Å². The van der Waals surface area contributed by atoms with Crippen molar-refractivity contribution in [2.24, 2.45) is 0 Å². The van der Waals surface area contributed by atoms with E-state index in [1.807, 2.05) is 24.1 Å². The highest BCUT2D eigenvalue weighted by Crippen LogP contribution is 2.26. The predicted molar refractivity (Wildman–Crippen MR) is 104 cm³/mol. The SMILES string of the molecule is CN(Cn1nc(-c2ccc(C(C)(C)C)cc2)oc1=S)[C@H]1CCS(=O)(=O)C1. The second-order valence-corrected chi connectivity index (χ2v) is 10.5. The van der Waals surface area contributed by atoms with Crippen molar-refractivity contribution in [3.05, 3.63) is 34.7 Å². The molecule has 0 N–H and O–H groups in total. The molecule has 0 radical (unpaired) electrons. The Morgan fingerprint density at radius 1 is 1.31 bits per heavy atom. The van der Waals surface area contributed by atoms with E-state index in [-0.39, 0.29) is 27.8 Å². The maximum atomic E-state index is 11.7. The van der Waals surface area contributed by atoms with Gasteiger partial charge in [-0.15, -0.1) is 5.10 Å². The Bertz CT molecular complexity index is 937. The number of aromatic nitrogens is 2. The lowest BCUT2D eigenvalue weighted by atomic mass is 9.87. The minimum absolute atomic E-state index is 0.00637. The van der Waals surface area contributed by atoms with Crippen molar-refractivity contribution in [2.75, 3.05) is 18.6 Å². The summed E-state index contributed by atoms with van der Waals surface area (Å²) in [5.74, 6) is 0.913. The molecule has 2 heterocycles. The number of nitrogens with zero attached hydrogens (tertiary/aromatic N) is 3. The van der Waals surface area contributed by atoms with Crippen LogP contribution in [0.15, 0.2) is 28.7 Å². The van der Waals surface area contributed by atoms with Crippen molar-refractivity contribution >= 4 is 22.1 Å². The van der Waals surface area contributed by atoms with E-state index in [2.05, 4.69) is 38.0 Å². The van der Waals surface area contributed by atoms with Crippen LogP contribution < -0.4 is 0 Å². The molecule has 0 saturated carbocycles. The van der Waals surface area contributed by atoms with Gasteiger partial charge in [-0.1, -0.05) is 32.9 Å². The molecule has 26 heavy (non-hydrogen) atoms. The van der Waals surface area contributed by atoms with Gasteiger partial charge in [-0.05, 0) is 48.8 Å². The molecule has 2 aromatic rings. The number of sulfone groups is 1. The van der Waals surface area contributed by atoms with Crippen molar-refractivity contribution in [3.63, 3.8) is 0 Å². The van der Waals surface area contributed by atoms with Gasteiger partial charge in [0.15, 0.2) is 9.84 Å². The van der Waals surface area contributed by atoms with Gasteiger partial charge in [0.1, 0.15) is 0 Å². The first kappa shape index (κ1) is 19.3. The van der Waals surface area contributed by atoms with Gasteiger partial charge in [0.25, 0.3) is 4.84 Å². The number of hydrogen-bond donors (Lipinski definition) is 0. The molecule has 1 aromatic heterocycles. The van der Waals surface area contributed by atoms with E-state index < -0.39 is 9.84 Å². The normalized spacial score (nSPS) is 20.0. The van der Waals surface area contributed by atoms with Crippen LogP contribution in [-0.4, -0.2) is 47.7 Å². The molecule has 0 unspecified atom stereocenters. The molecule has 3 rings (SSSR count). The van der Waals surface area contributed by atoms with E-state index in [1.54, 1.807) is 4.68 Å². The number of rotatable bonds is 4. The summed E-state index contributed by atoms with van der Waals surface area (Å²) in [5, 5.41) is 4.47. The summed E-state index contributed by atoms with van der Waals surface area (Å²) < 4.78 is 30.6. The quantitative estimate of drug-likeness (QED) is 0.740. The Hall–Kier alpha value is -1.51. The molecule has 8 heteroatoms. The van der Waals surface area contributed by atoms with Crippen molar-refractivity contribution in [1.29, 1.82) is 0 Å². The Labute approximate surface area is 159 Å². The summed E-state index contributed by atoms with van der Waals surface area (Å²) in [6, 6.07) is 8.11. The minimum atomic E-state index is -2.92. The highest BCUT2D eigenvalue weighted by Gasteiger charge is 2.31. The zero-order chi connectivity index (χ0) is 19.1. The third-order valence-electron chi connectivity index (χ3n) is 4.79. The van der Waals surface area contributed by atoms with Crippen LogP contribution in [0.2, 0.25) is 0 Å². The molecule has 6 nitrogen and oxygen atoms in total. The molecule has 1 fully saturated rings. The van der Waals surface area contributed by atoms with Crippen molar-refractivity contribution in [1.82, 2.24) is 14.7 Å². The van der Waals surface area contributed by atoms with Crippen LogP contribution in [0.25, 0.3) is 11.5 Å². The Morgan fingerprint density at radius 3 is 2.50 bits per heavy atom. The first-order valence-corrected chi connectivity index (χ1v) is 10.9. The van der Waals surface area contributed by atoms with Gasteiger partial charge in [-0.2, -0.15) is 0 Å². The maximum Gasteiger partial charge on any atom is 0.288 e. The number of hydrogen-bond acceptors (Lipinski definition) is 6. The topological polar surface area (TPSA) is 68.3 Å². The molecular formula is C18H25N3O3S2. The third kappa shape index (κ3) is 4.24. The lowest BCUT2D eigenvalue weighted by Crippen LogP contribution is -2.34. The predicted octanol–water partition coefficient (Wildman–Crippen LogP) is 3.25. The van der Waals surface area contributed by atoms with Gasteiger partial charge in [0.2, 0.25) is 5.89 Å². The molecule has 1 aliphatic heterocycles. The molecular weight excluding hydrogens is 370 g/mol. The fourth-order valence-electron chi connectivity index (χ4n) is 3.07. The molecule has 142 valence electrons. The lowest BCUT2D eigenvalue weighted by Gasteiger charge is -2.22. The summed E-state index contributed by atoms with van der Waals surface area (Å²) in [6.45, 7) is 6.91. The molecule has 0 amide bonds. The lowest BCUT2D eigenvalue weighted by molar-refractivity contribution is 0.194. The first-order valence-electron chi connectivity index (χ1n) is 8.65. The minimum Gasteiger partial charge on any atom is -0.409 e. The summed E-state index contributed by atoms with van der Waals surface area (Å²) in [5.41, 5.74) is 2.19. The van der Waals surface area contributed by atoms with E-state index in [0.29, 0.717) is 19.0 Å². The molecule has 0 aliphatic carbocycles. The average Bonchev–Trinajstić information content (AvgIpc) is 3.09. The summed E-state index contributed by atoms with van der Waals surface area (Å²) in [7, 11) is -1.03. The van der Waals surface area contributed by atoms with Crippen LogP contribution in [0, 0.1) is 4.84 Å². The first-order chi connectivity index (χ1) is 12.0. The molecule has 1 atom stereocenters. The van der Waals surface area contributed by atoms with E-state index in [9.17, 15) is 8.42 Å². The van der Waals surface area contributed by atoms with Gasteiger partial charge in [0.05, 0.1) is 18.2 Å². The van der Waals surface area contributed by atoms with Gasteiger partial charge < -0.3 is 4.42 Å². The fourth-order valence-corrected chi connectivity index (χ4v) is 5.06. The number of benzene rings is 1. The average molecular weight is 396 g/mol. The van der Waals surface area contributed by atoms with Crippen LogP contribution in [-0.2, 0) is 21.9 Å². The van der Waals surface area contributed by atoms with Gasteiger partial charge in [-0.3, -0.25) is 4.90 Å². The van der Waals surface area contributed by atoms with Crippen LogP contribution in [0.4, 0.5) is 0 Å². The van der Waals surface area contributed by atoms with E-state index in [1.165, 1.54) is 5.56 Å².